The fourth-order valence-corrected chi connectivity index (χ4v) is 5.78. The number of aliphatic hydroxyl groups is 1. The summed E-state index contributed by atoms with van der Waals surface area (Å²) in [7, 11) is 0. The molecule has 5 nitrogen and oxygen atoms in total. The molecule has 2 atom stereocenters. The largest absolute Gasteiger partial charge is 0.390 e. The number of aromatic nitrogens is 2. The van der Waals surface area contributed by atoms with Crippen LogP contribution < -0.4 is 5.32 Å². The Morgan fingerprint density at radius 3 is 2.67 bits per heavy atom. The van der Waals surface area contributed by atoms with Crippen LogP contribution in [0.4, 0.5) is 0 Å². The molecule has 5 heteroatoms. The van der Waals surface area contributed by atoms with E-state index in [-0.39, 0.29) is 17.6 Å². The maximum Gasteiger partial charge on any atom is 0.0945 e. The fourth-order valence-electron chi connectivity index (χ4n) is 5.78. The van der Waals surface area contributed by atoms with E-state index in [4.69, 9.17) is 0 Å². The lowest BCUT2D eigenvalue weighted by atomic mass is 9.72. The lowest BCUT2D eigenvalue weighted by Gasteiger charge is -2.42. The fraction of sp³-hybridized carbons (Fsp3) is 0.591. The summed E-state index contributed by atoms with van der Waals surface area (Å²) in [6.07, 6.45) is 10.0. The van der Waals surface area contributed by atoms with Gasteiger partial charge in [0.05, 0.1) is 18.5 Å². The van der Waals surface area contributed by atoms with Crippen molar-refractivity contribution in [3.63, 3.8) is 0 Å². The predicted molar refractivity (Wildman–Crippen MR) is 105 cm³/mol. The van der Waals surface area contributed by atoms with E-state index in [1.807, 2.05) is 12.5 Å². The number of rotatable bonds is 3. The van der Waals surface area contributed by atoms with Crippen LogP contribution in [0.15, 0.2) is 43.0 Å². The summed E-state index contributed by atoms with van der Waals surface area (Å²) in [4.78, 5) is 6.72. The Labute approximate surface area is 161 Å². The zero-order valence-electron chi connectivity index (χ0n) is 15.9. The molecule has 1 aromatic heterocycles. The highest BCUT2D eigenvalue weighted by Gasteiger charge is 2.53. The molecule has 1 aliphatic carbocycles. The summed E-state index contributed by atoms with van der Waals surface area (Å²) < 4.78 is 2.20. The number of fused-ring (bicyclic) bond motifs is 2. The summed E-state index contributed by atoms with van der Waals surface area (Å²) in [5.74, 6) is 0.706. The van der Waals surface area contributed by atoms with Gasteiger partial charge in [0.25, 0.3) is 0 Å². The number of imidazole rings is 1. The second-order valence-electron chi connectivity index (χ2n) is 8.62. The lowest BCUT2D eigenvalue weighted by molar-refractivity contribution is -0.0136. The van der Waals surface area contributed by atoms with E-state index in [0.29, 0.717) is 5.92 Å². The molecule has 27 heavy (non-hydrogen) atoms. The quantitative estimate of drug-likeness (QED) is 0.875. The molecule has 0 radical (unpaired) electrons. The van der Waals surface area contributed by atoms with Crippen molar-refractivity contribution >= 4 is 0 Å². The second kappa shape index (κ2) is 7.04. The van der Waals surface area contributed by atoms with Gasteiger partial charge in [-0.3, -0.25) is 4.90 Å². The minimum Gasteiger partial charge on any atom is -0.390 e. The molecule has 2 N–H and O–H groups in total. The Morgan fingerprint density at radius 2 is 1.93 bits per heavy atom. The molecule has 2 aliphatic heterocycles. The maximum atomic E-state index is 11.5. The van der Waals surface area contributed by atoms with Crippen molar-refractivity contribution in [1.29, 1.82) is 0 Å². The average molecular weight is 367 g/mol. The molecule has 1 aromatic carbocycles. The van der Waals surface area contributed by atoms with E-state index >= 15 is 0 Å². The van der Waals surface area contributed by atoms with Crippen molar-refractivity contribution in [2.45, 2.75) is 49.8 Å². The van der Waals surface area contributed by atoms with Crippen molar-refractivity contribution in [1.82, 2.24) is 19.8 Å². The van der Waals surface area contributed by atoms with Crippen LogP contribution in [0.5, 0.6) is 0 Å². The van der Waals surface area contributed by atoms with E-state index in [0.717, 1.165) is 45.6 Å². The van der Waals surface area contributed by atoms with Gasteiger partial charge < -0.3 is 15.0 Å². The van der Waals surface area contributed by atoms with Crippen molar-refractivity contribution < 1.29 is 5.11 Å². The van der Waals surface area contributed by atoms with Gasteiger partial charge in [-0.2, -0.15) is 0 Å². The molecule has 144 valence electrons. The van der Waals surface area contributed by atoms with E-state index in [1.54, 1.807) is 0 Å². The molecule has 2 saturated heterocycles. The molecule has 0 saturated carbocycles. The maximum absolute atomic E-state index is 11.5. The first kappa shape index (κ1) is 17.4. The summed E-state index contributed by atoms with van der Waals surface area (Å²) in [6, 6.07) is 8.99. The first-order valence-electron chi connectivity index (χ1n) is 10.5. The van der Waals surface area contributed by atoms with Crippen LogP contribution in [0, 0.1) is 5.92 Å². The summed E-state index contributed by atoms with van der Waals surface area (Å²) in [5.41, 5.74) is 2.73. The Hall–Kier alpha value is -1.69. The normalized spacial score (nSPS) is 28.5. The summed E-state index contributed by atoms with van der Waals surface area (Å²) in [5, 5.41) is 15.0. The molecular weight excluding hydrogens is 336 g/mol. The van der Waals surface area contributed by atoms with Gasteiger partial charge in [0.2, 0.25) is 0 Å². The van der Waals surface area contributed by atoms with Gasteiger partial charge in [-0.25, -0.2) is 4.98 Å². The number of likely N-dealkylation sites (tertiary alicyclic amines) is 1. The van der Waals surface area contributed by atoms with Gasteiger partial charge in [0, 0.05) is 24.4 Å². The molecule has 5 rings (SSSR count). The molecule has 3 heterocycles. The molecule has 0 unspecified atom stereocenters. The van der Waals surface area contributed by atoms with E-state index in [2.05, 4.69) is 50.2 Å². The number of aliphatic hydroxyl groups excluding tert-OH is 1. The minimum atomic E-state index is -0.290. The minimum absolute atomic E-state index is 0.0554. The van der Waals surface area contributed by atoms with Crippen LogP contribution in [0.2, 0.25) is 0 Å². The smallest absolute Gasteiger partial charge is 0.0945 e. The van der Waals surface area contributed by atoms with E-state index < -0.39 is 0 Å². The van der Waals surface area contributed by atoms with Crippen molar-refractivity contribution in [3.05, 3.63) is 54.1 Å². The number of piperidine rings is 2. The van der Waals surface area contributed by atoms with Crippen LogP contribution >= 0.6 is 0 Å². The van der Waals surface area contributed by atoms with Gasteiger partial charge in [-0.05, 0) is 68.9 Å². The van der Waals surface area contributed by atoms with Gasteiger partial charge in [0.1, 0.15) is 0 Å². The van der Waals surface area contributed by atoms with Crippen molar-refractivity contribution in [3.8, 4) is 0 Å². The van der Waals surface area contributed by atoms with Gasteiger partial charge >= 0.3 is 0 Å². The Morgan fingerprint density at radius 1 is 1.15 bits per heavy atom. The van der Waals surface area contributed by atoms with Crippen LogP contribution in [0.25, 0.3) is 0 Å². The highest BCUT2D eigenvalue weighted by molar-refractivity contribution is 5.45. The number of benzene rings is 1. The first-order valence-corrected chi connectivity index (χ1v) is 10.5. The monoisotopic (exact) mass is 366 g/mol. The molecule has 0 amide bonds. The average Bonchev–Trinajstić information content (AvgIpc) is 3.30. The van der Waals surface area contributed by atoms with Crippen LogP contribution in [0.3, 0.4) is 0 Å². The highest BCUT2D eigenvalue weighted by Crippen LogP contribution is 2.52. The van der Waals surface area contributed by atoms with Crippen LogP contribution in [-0.2, 0) is 12.0 Å². The third kappa shape index (κ3) is 2.93. The van der Waals surface area contributed by atoms with Crippen molar-refractivity contribution in [2.24, 2.45) is 5.92 Å². The number of hydrogen-bond donors (Lipinski definition) is 2. The predicted octanol–water partition coefficient (Wildman–Crippen LogP) is 2.33. The molecular formula is C22H30N4O. The van der Waals surface area contributed by atoms with Crippen LogP contribution in [-0.4, -0.2) is 51.8 Å². The Bertz CT molecular complexity index is 760. The summed E-state index contributed by atoms with van der Waals surface area (Å²) in [6.45, 7) is 5.22. The van der Waals surface area contributed by atoms with E-state index in [1.165, 1.54) is 24.0 Å². The number of hydrogen-bond acceptors (Lipinski definition) is 4. The number of nitrogens with zero attached hydrogens (tertiary/aromatic N) is 3. The molecule has 2 fully saturated rings. The zero-order chi connectivity index (χ0) is 18.3. The topological polar surface area (TPSA) is 53.3 Å². The Kier molecular flexibility index (Phi) is 4.54. The first-order chi connectivity index (χ1) is 13.3. The zero-order valence-corrected chi connectivity index (χ0v) is 15.9. The van der Waals surface area contributed by atoms with Crippen molar-refractivity contribution in [2.75, 3.05) is 26.2 Å². The standard InChI is InChI=1S/C22H30N4O/c27-21-20(26-12-5-17(6-13-26)15-25-14-11-24-16-25)18-3-1-2-4-19(18)22(21)7-9-23-10-8-22/h1-4,11,14,16-17,20-21,23,27H,5-10,12-13,15H2/t20-,21+/m1/s1. The third-order valence-electron chi connectivity index (χ3n) is 7.25. The lowest BCUT2D eigenvalue weighted by Crippen LogP contribution is -2.49. The van der Waals surface area contributed by atoms with Gasteiger partial charge in [0.15, 0.2) is 0 Å². The molecule has 0 bridgehead atoms. The number of nitrogens with one attached hydrogen (secondary N) is 1. The van der Waals surface area contributed by atoms with E-state index in [9.17, 15) is 5.11 Å². The highest BCUT2D eigenvalue weighted by atomic mass is 16.3. The molecule has 3 aliphatic rings. The third-order valence-corrected chi connectivity index (χ3v) is 7.25. The second-order valence-corrected chi connectivity index (χ2v) is 8.62. The molecule has 2 aromatic rings. The Balaban J connectivity index is 1.35. The molecule has 1 spiro atoms. The van der Waals surface area contributed by atoms with Gasteiger partial charge in [-0.1, -0.05) is 24.3 Å². The summed E-state index contributed by atoms with van der Waals surface area (Å²) >= 11 is 0. The SMILES string of the molecule is O[C@H]1[C@H](N2CCC(Cn3ccnc3)CC2)c2ccccc2C12CCNCC2. The van der Waals surface area contributed by atoms with Gasteiger partial charge in [-0.15, -0.1) is 0 Å². The van der Waals surface area contributed by atoms with Crippen LogP contribution in [0.1, 0.15) is 42.9 Å².